The lowest BCUT2D eigenvalue weighted by Crippen LogP contribution is -2.17. The van der Waals surface area contributed by atoms with Crippen LogP contribution >= 0.6 is 35.4 Å². The van der Waals surface area contributed by atoms with Gasteiger partial charge in [0.1, 0.15) is 4.99 Å². The van der Waals surface area contributed by atoms with Crippen molar-refractivity contribution in [3.05, 3.63) is 63.6 Å². The molecule has 2 aromatic rings. The van der Waals surface area contributed by atoms with Gasteiger partial charge in [-0.2, -0.15) is 0 Å². The van der Waals surface area contributed by atoms with E-state index in [2.05, 4.69) is 5.32 Å². The van der Waals surface area contributed by atoms with Gasteiger partial charge in [-0.15, -0.1) is 0 Å². The van der Waals surface area contributed by atoms with Crippen molar-refractivity contribution in [3.8, 4) is 0 Å². The predicted octanol–water partition coefficient (Wildman–Crippen LogP) is 3.88. The van der Waals surface area contributed by atoms with Crippen molar-refractivity contribution in [2.45, 2.75) is 0 Å². The molecule has 3 N–H and O–H groups in total. The Hall–Kier alpha value is -1.62. The molecule has 102 valence electrons. The largest absolute Gasteiger partial charge is 0.389 e. The molecule has 0 unspecified atom stereocenters. The van der Waals surface area contributed by atoms with Crippen LogP contribution in [0.2, 0.25) is 10.0 Å². The second-order valence-corrected chi connectivity index (χ2v) is 5.27. The minimum absolute atomic E-state index is 0.211. The predicted molar refractivity (Wildman–Crippen MR) is 86.7 cm³/mol. The summed E-state index contributed by atoms with van der Waals surface area (Å²) in [6, 6.07) is 11.7. The Bertz CT molecular complexity index is 689. The van der Waals surface area contributed by atoms with Crippen molar-refractivity contribution in [3.63, 3.8) is 0 Å². The van der Waals surface area contributed by atoms with E-state index in [1.165, 1.54) is 6.07 Å². The number of para-hydroxylation sites is 1. The van der Waals surface area contributed by atoms with E-state index in [-0.39, 0.29) is 15.9 Å². The lowest BCUT2D eigenvalue weighted by atomic mass is 10.1. The zero-order valence-electron chi connectivity index (χ0n) is 10.2. The molecule has 20 heavy (non-hydrogen) atoms. The summed E-state index contributed by atoms with van der Waals surface area (Å²) in [5, 5.41) is 3.48. The fraction of sp³-hybridized carbons (Fsp3) is 0. The zero-order chi connectivity index (χ0) is 14.7. The first-order valence-electron chi connectivity index (χ1n) is 5.64. The number of nitrogens with one attached hydrogen (secondary N) is 1. The highest BCUT2D eigenvalue weighted by Crippen LogP contribution is 2.23. The van der Waals surface area contributed by atoms with E-state index in [4.69, 9.17) is 41.2 Å². The summed E-state index contributed by atoms with van der Waals surface area (Å²) in [6.45, 7) is 0. The molecule has 2 rings (SSSR count). The summed E-state index contributed by atoms with van der Waals surface area (Å²) >= 11 is 16.7. The van der Waals surface area contributed by atoms with Crippen LogP contribution in [0.3, 0.4) is 0 Å². The Balaban J connectivity index is 2.30. The van der Waals surface area contributed by atoms with E-state index in [0.29, 0.717) is 21.8 Å². The third-order valence-electron chi connectivity index (χ3n) is 2.62. The smallest absolute Gasteiger partial charge is 0.257 e. The number of thiocarbonyl (C=S) groups is 1. The van der Waals surface area contributed by atoms with Crippen LogP contribution in [-0.2, 0) is 0 Å². The molecule has 0 spiro atoms. The number of amides is 1. The van der Waals surface area contributed by atoms with E-state index < -0.39 is 0 Å². The van der Waals surface area contributed by atoms with E-state index in [9.17, 15) is 4.79 Å². The van der Waals surface area contributed by atoms with E-state index in [0.717, 1.165) is 0 Å². The Morgan fingerprint density at radius 1 is 1.10 bits per heavy atom. The molecular formula is C14H10Cl2N2OS. The Morgan fingerprint density at radius 2 is 1.80 bits per heavy atom. The van der Waals surface area contributed by atoms with Crippen molar-refractivity contribution in [2.24, 2.45) is 5.73 Å². The zero-order valence-corrected chi connectivity index (χ0v) is 12.5. The fourth-order valence-electron chi connectivity index (χ4n) is 1.67. The number of hydrogen-bond donors (Lipinski definition) is 2. The molecular weight excluding hydrogens is 315 g/mol. The molecule has 3 nitrogen and oxygen atoms in total. The van der Waals surface area contributed by atoms with Crippen LogP contribution in [0.15, 0.2) is 42.5 Å². The monoisotopic (exact) mass is 324 g/mol. The van der Waals surface area contributed by atoms with Crippen LogP contribution < -0.4 is 11.1 Å². The quantitative estimate of drug-likeness (QED) is 0.842. The van der Waals surface area contributed by atoms with Crippen LogP contribution in [-0.4, -0.2) is 10.9 Å². The van der Waals surface area contributed by atoms with Crippen LogP contribution in [0.4, 0.5) is 5.69 Å². The molecule has 2 aromatic carbocycles. The minimum atomic E-state index is -0.352. The topological polar surface area (TPSA) is 55.1 Å². The van der Waals surface area contributed by atoms with Crippen molar-refractivity contribution >= 4 is 52.0 Å². The summed E-state index contributed by atoms with van der Waals surface area (Å²) in [7, 11) is 0. The number of rotatable bonds is 3. The van der Waals surface area contributed by atoms with Gasteiger partial charge in [0.25, 0.3) is 5.91 Å². The van der Waals surface area contributed by atoms with Gasteiger partial charge >= 0.3 is 0 Å². The Morgan fingerprint density at radius 3 is 2.45 bits per heavy atom. The fourth-order valence-corrected chi connectivity index (χ4v) is 2.34. The van der Waals surface area contributed by atoms with Gasteiger partial charge in [0, 0.05) is 10.6 Å². The average Bonchev–Trinajstić information content (AvgIpc) is 2.38. The molecule has 0 aliphatic rings. The highest BCUT2D eigenvalue weighted by atomic mass is 35.5. The second kappa shape index (κ2) is 6.22. The number of halogens is 2. The minimum Gasteiger partial charge on any atom is -0.389 e. The first-order valence-corrected chi connectivity index (χ1v) is 6.80. The molecule has 0 atom stereocenters. The SMILES string of the molecule is NC(=S)c1ccccc1NC(=O)c1ccc(Cl)cc1Cl. The van der Waals surface area contributed by atoms with Crippen molar-refractivity contribution < 1.29 is 4.79 Å². The van der Waals surface area contributed by atoms with Gasteiger partial charge < -0.3 is 11.1 Å². The van der Waals surface area contributed by atoms with Gasteiger partial charge in [-0.25, -0.2) is 0 Å². The number of carbonyl (C=O) groups excluding carboxylic acids is 1. The molecule has 0 aromatic heterocycles. The van der Waals surface area contributed by atoms with E-state index in [1.54, 1.807) is 36.4 Å². The van der Waals surface area contributed by atoms with Gasteiger partial charge in [-0.1, -0.05) is 47.6 Å². The second-order valence-electron chi connectivity index (χ2n) is 3.99. The number of carbonyl (C=O) groups is 1. The maximum absolute atomic E-state index is 12.2. The Kier molecular flexibility index (Phi) is 4.60. The average molecular weight is 325 g/mol. The van der Waals surface area contributed by atoms with Crippen LogP contribution in [0, 0.1) is 0 Å². The highest BCUT2D eigenvalue weighted by Gasteiger charge is 2.13. The summed E-state index contributed by atoms with van der Waals surface area (Å²) in [5.41, 5.74) is 7.08. The van der Waals surface area contributed by atoms with Crippen LogP contribution in [0.1, 0.15) is 15.9 Å². The highest BCUT2D eigenvalue weighted by molar-refractivity contribution is 7.80. The summed E-state index contributed by atoms with van der Waals surface area (Å²) in [6.07, 6.45) is 0. The van der Waals surface area contributed by atoms with Crippen molar-refractivity contribution in [1.29, 1.82) is 0 Å². The first kappa shape index (κ1) is 14.8. The number of anilines is 1. The maximum Gasteiger partial charge on any atom is 0.257 e. The number of hydrogen-bond acceptors (Lipinski definition) is 2. The van der Waals surface area contributed by atoms with Gasteiger partial charge in [0.15, 0.2) is 0 Å². The van der Waals surface area contributed by atoms with E-state index >= 15 is 0 Å². The van der Waals surface area contributed by atoms with Gasteiger partial charge in [0.2, 0.25) is 0 Å². The molecule has 0 radical (unpaired) electrons. The van der Waals surface area contributed by atoms with Gasteiger partial charge in [0.05, 0.1) is 16.3 Å². The standard InChI is InChI=1S/C14H10Cl2N2OS/c15-8-5-6-9(11(16)7-8)14(19)18-12-4-2-1-3-10(12)13(17)20/h1-7H,(H2,17,20)(H,18,19). The third-order valence-corrected chi connectivity index (χ3v) is 3.38. The number of nitrogens with two attached hydrogens (primary N) is 1. The molecule has 0 saturated heterocycles. The van der Waals surface area contributed by atoms with Crippen LogP contribution in [0.25, 0.3) is 0 Å². The van der Waals surface area contributed by atoms with Gasteiger partial charge in [-0.3, -0.25) is 4.79 Å². The lowest BCUT2D eigenvalue weighted by molar-refractivity contribution is 0.102. The molecule has 0 saturated carbocycles. The number of benzene rings is 2. The molecule has 0 bridgehead atoms. The lowest BCUT2D eigenvalue weighted by Gasteiger charge is -2.10. The van der Waals surface area contributed by atoms with Crippen molar-refractivity contribution in [1.82, 2.24) is 0 Å². The third kappa shape index (κ3) is 3.28. The molecule has 0 heterocycles. The molecule has 0 fully saturated rings. The molecule has 0 aliphatic heterocycles. The normalized spacial score (nSPS) is 10.1. The van der Waals surface area contributed by atoms with Crippen molar-refractivity contribution in [2.75, 3.05) is 5.32 Å². The molecule has 6 heteroatoms. The molecule has 0 aliphatic carbocycles. The van der Waals surface area contributed by atoms with Gasteiger partial charge in [-0.05, 0) is 30.3 Å². The van der Waals surface area contributed by atoms with E-state index in [1.807, 2.05) is 0 Å². The summed E-state index contributed by atoms with van der Waals surface area (Å²) in [4.78, 5) is 12.4. The summed E-state index contributed by atoms with van der Waals surface area (Å²) in [5.74, 6) is -0.352. The summed E-state index contributed by atoms with van der Waals surface area (Å²) < 4.78 is 0. The first-order chi connectivity index (χ1) is 9.49. The molecule has 1 amide bonds. The maximum atomic E-state index is 12.2. The van der Waals surface area contributed by atoms with Crippen LogP contribution in [0.5, 0.6) is 0 Å². The Labute approximate surface area is 131 Å².